The predicted octanol–water partition coefficient (Wildman–Crippen LogP) is 1.91. The molecule has 0 aromatic carbocycles. The molecule has 3 nitrogen and oxygen atoms in total. The van der Waals surface area contributed by atoms with Crippen LogP contribution >= 0.6 is 0 Å². The van der Waals surface area contributed by atoms with E-state index in [4.69, 9.17) is 0 Å². The number of fused-ring (bicyclic) bond motifs is 1. The Labute approximate surface area is 85.5 Å². The molecule has 0 bridgehead atoms. The van der Waals surface area contributed by atoms with Crippen LogP contribution in [0.1, 0.15) is 43.9 Å². The van der Waals surface area contributed by atoms with E-state index in [2.05, 4.69) is 35.6 Å². The molecule has 0 radical (unpaired) electrons. The van der Waals surface area contributed by atoms with Gasteiger partial charge in [0.1, 0.15) is 5.82 Å². The van der Waals surface area contributed by atoms with Crippen LogP contribution in [0.4, 0.5) is 0 Å². The lowest BCUT2D eigenvalue weighted by atomic mass is 10.1. The van der Waals surface area contributed by atoms with Gasteiger partial charge in [-0.1, -0.05) is 20.8 Å². The van der Waals surface area contributed by atoms with Crippen molar-refractivity contribution < 1.29 is 0 Å². The van der Waals surface area contributed by atoms with E-state index < -0.39 is 0 Å². The third-order valence-electron chi connectivity index (χ3n) is 2.92. The minimum atomic E-state index is 0.510. The number of H-pyrrole nitrogens is 1. The summed E-state index contributed by atoms with van der Waals surface area (Å²) in [6, 6.07) is 0. The van der Waals surface area contributed by atoms with Crippen LogP contribution in [0.25, 0.3) is 0 Å². The molecule has 0 unspecified atom stereocenters. The molecular weight excluding hydrogens is 174 g/mol. The molecule has 0 atom stereocenters. The van der Waals surface area contributed by atoms with E-state index in [1.807, 2.05) is 0 Å². The van der Waals surface area contributed by atoms with Gasteiger partial charge >= 0.3 is 0 Å². The number of aromatic amines is 1. The topological polar surface area (TPSA) is 31.9 Å². The van der Waals surface area contributed by atoms with Crippen LogP contribution in [0.2, 0.25) is 0 Å². The highest BCUT2D eigenvalue weighted by molar-refractivity contribution is 5.18. The first kappa shape index (κ1) is 9.71. The predicted molar refractivity (Wildman–Crippen MR) is 57.3 cm³/mol. The van der Waals surface area contributed by atoms with Crippen LogP contribution < -0.4 is 0 Å². The van der Waals surface area contributed by atoms with Gasteiger partial charge in [0.05, 0.1) is 11.4 Å². The highest BCUT2D eigenvalue weighted by atomic mass is 15.1. The SMILES string of the molecule is CCN1CCc2nc(C(C)C)[nH]c2C1. The number of nitrogens with one attached hydrogen (secondary N) is 1. The van der Waals surface area contributed by atoms with Crippen molar-refractivity contribution in [2.24, 2.45) is 0 Å². The molecule has 0 fully saturated rings. The molecule has 1 aliphatic heterocycles. The highest BCUT2D eigenvalue weighted by Gasteiger charge is 2.19. The molecule has 0 saturated carbocycles. The van der Waals surface area contributed by atoms with Gasteiger partial charge in [-0.2, -0.15) is 0 Å². The van der Waals surface area contributed by atoms with E-state index in [0.717, 1.165) is 31.9 Å². The molecule has 0 spiro atoms. The molecule has 14 heavy (non-hydrogen) atoms. The zero-order valence-electron chi connectivity index (χ0n) is 9.30. The molecule has 1 aliphatic rings. The Kier molecular flexibility index (Phi) is 2.59. The maximum absolute atomic E-state index is 4.64. The summed E-state index contributed by atoms with van der Waals surface area (Å²) in [4.78, 5) is 10.5. The fourth-order valence-corrected chi connectivity index (χ4v) is 1.92. The summed E-state index contributed by atoms with van der Waals surface area (Å²) in [6.45, 7) is 9.92. The van der Waals surface area contributed by atoms with Crippen LogP contribution in [-0.2, 0) is 13.0 Å². The van der Waals surface area contributed by atoms with Crippen LogP contribution in [0.15, 0.2) is 0 Å². The van der Waals surface area contributed by atoms with Gasteiger partial charge in [0, 0.05) is 25.4 Å². The molecule has 78 valence electrons. The van der Waals surface area contributed by atoms with E-state index in [9.17, 15) is 0 Å². The van der Waals surface area contributed by atoms with Gasteiger partial charge in [-0.3, -0.25) is 4.90 Å². The van der Waals surface area contributed by atoms with E-state index in [-0.39, 0.29) is 0 Å². The van der Waals surface area contributed by atoms with Crippen molar-refractivity contribution in [3.8, 4) is 0 Å². The summed E-state index contributed by atoms with van der Waals surface area (Å²) >= 11 is 0. The van der Waals surface area contributed by atoms with Crippen molar-refractivity contribution in [3.05, 3.63) is 17.2 Å². The third-order valence-corrected chi connectivity index (χ3v) is 2.92. The lowest BCUT2D eigenvalue weighted by Gasteiger charge is -2.23. The van der Waals surface area contributed by atoms with Gasteiger partial charge < -0.3 is 4.98 Å². The van der Waals surface area contributed by atoms with Crippen LogP contribution in [-0.4, -0.2) is 28.0 Å². The average molecular weight is 193 g/mol. The maximum atomic E-state index is 4.64. The van der Waals surface area contributed by atoms with Gasteiger partial charge in [0.25, 0.3) is 0 Å². The lowest BCUT2D eigenvalue weighted by Crippen LogP contribution is -2.30. The lowest BCUT2D eigenvalue weighted by molar-refractivity contribution is 0.263. The molecule has 1 aromatic rings. The summed E-state index contributed by atoms with van der Waals surface area (Å²) in [5, 5.41) is 0. The molecule has 1 aromatic heterocycles. The Morgan fingerprint density at radius 2 is 2.29 bits per heavy atom. The zero-order chi connectivity index (χ0) is 10.1. The van der Waals surface area contributed by atoms with Gasteiger partial charge in [-0.25, -0.2) is 4.98 Å². The molecule has 1 N–H and O–H groups in total. The minimum absolute atomic E-state index is 0.510. The van der Waals surface area contributed by atoms with Gasteiger partial charge in [0.15, 0.2) is 0 Å². The minimum Gasteiger partial charge on any atom is -0.344 e. The standard InChI is InChI=1S/C11H19N3/c1-4-14-6-5-9-10(7-14)13-11(12-9)8(2)3/h8H,4-7H2,1-3H3,(H,12,13). The highest BCUT2D eigenvalue weighted by Crippen LogP contribution is 2.19. The Morgan fingerprint density at radius 1 is 1.50 bits per heavy atom. The molecule has 2 heterocycles. The molecule has 0 aliphatic carbocycles. The first-order valence-corrected chi connectivity index (χ1v) is 5.50. The Bertz CT molecular complexity index is 314. The second-order valence-electron chi connectivity index (χ2n) is 4.32. The van der Waals surface area contributed by atoms with Crippen molar-refractivity contribution in [1.29, 1.82) is 0 Å². The van der Waals surface area contributed by atoms with Crippen molar-refractivity contribution in [1.82, 2.24) is 14.9 Å². The molecule has 2 rings (SSSR count). The van der Waals surface area contributed by atoms with E-state index in [0.29, 0.717) is 5.92 Å². The summed E-state index contributed by atoms with van der Waals surface area (Å²) in [7, 11) is 0. The maximum Gasteiger partial charge on any atom is 0.109 e. The fraction of sp³-hybridized carbons (Fsp3) is 0.727. The number of hydrogen-bond donors (Lipinski definition) is 1. The number of rotatable bonds is 2. The second-order valence-corrected chi connectivity index (χ2v) is 4.32. The quantitative estimate of drug-likeness (QED) is 0.778. The van der Waals surface area contributed by atoms with Gasteiger partial charge in [0.2, 0.25) is 0 Å². The summed E-state index contributed by atoms with van der Waals surface area (Å²) in [5.41, 5.74) is 2.63. The Balaban J connectivity index is 2.21. The molecular formula is C11H19N3. The molecule has 3 heteroatoms. The summed E-state index contributed by atoms with van der Waals surface area (Å²) < 4.78 is 0. The molecule has 0 amide bonds. The van der Waals surface area contributed by atoms with Crippen molar-refractivity contribution >= 4 is 0 Å². The van der Waals surface area contributed by atoms with Crippen molar-refractivity contribution in [2.45, 2.75) is 39.7 Å². The first-order chi connectivity index (χ1) is 6.70. The van der Waals surface area contributed by atoms with Crippen LogP contribution in [0.3, 0.4) is 0 Å². The first-order valence-electron chi connectivity index (χ1n) is 5.50. The number of likely N-dealkylation sites (N-methyl/N-ethyl adjacent to an activating group) is 1. The molecule has 0 saturated heterocycles. The monoisotopic (exact) mass is 193 g/mol. The fourth-order valence-electron chi connectivity index (χ4n) is 1.92. The Hall–Kier alpha value is -0.830. The largest absolute Gasteiger partial charge is 0.344 e. The average Bonchev–Trinajstić information content (AvgIpc) is 2.59. The number of hydrogen-bond acceptors (Lipinski definition) is 2. The summed E-state index contributed by atoms with van der Waals surface area (Å²) in [5.74, 6) is 1.66. The van der Waals surface area contributed by atoms with Crippen molar-refractivity contribution in [2.75, 3.05) is 13.1 Å². The smallest absolute Gasteiger partial charge is 0.109 e. The number of aromatic nitrogens is 2. The van der Waals surface area contributed by atoms with E-state index >= 15 is 0 Å². The Morgan fingerprint density at radius 3 is 2.93 bits per heavy atom. The van der Waals surface area contributed by atoms with E-state index in [1.54, 1.807) is 0 Å². The van der Waals surface area contributed by atoms with Gasteiger partial charge in [-0.05, 0) is 6.54 Å². The van der Waals surface area contributed by atoms with Crippen LogP contribution in [0.5, 0.6) is 0 Å². The third kappa shape index (κ3) is 1.69. The number of nitrogens with zero attached hydrogens (tertiary/aromatic N) is 2. The summed E-state index contributed by atoms with van der Waals surface area (Å²) in [6.07, 6.45) is 1.10. The van der Waals surface area contributed by atoms with Crippen molar-refractivity contribution in [3.63, 3.8) is 0 Å². The number of imidazole rings is 1. The van der Waals surface area contributed by atoms with Gasteiger partial charge in [-0.15, -0.1) is 0 Å². The zero-order valence-corrected chi connectivity index (χ0v) is 9.30. The normalized spacial score (nSPS) is 17.4. The van der Waals surface area contributed by atoms with Crippen LogP contribution in [0, 0.1) is 0 Å². The van der Waals surface area contributed by atoms with E-state index in [1.165, 1.54) is 11.4 Å². The second kappa shape index (κ2) is 3.73.